The van der Waals surface area contributed by atoms with E-state index in [1.165, 1.54) is 35.2 Å². The molecule has 0 saturated carbocycles. The predicted molar refractivity (Wildman–Crippen MR) is 112 cm³/mol. The zero-order valence-electron chi connectivity index (χ0n) is 16.9. The van der Waals surface area contributed by atoms with Gasteiger partial charge in [0.15, 0.2) is 6.29 Å². The van der Waals surface area contributed by atoms with E-state index in [1.807, 2.05) is 30.3 Å². The van der Waals surface area contributed by atoms with Crippen LogP contribution in [0.1, 0.15) is 24.3 Å². The van der Waals surface area contributed by atoms with Crippen LogP contribution in [0.3, 0.4) is 0 Å². The minimum absolute atomic E-state index is 0.00390. The van der Waals surface area contributed by atoms with Crippen LogP contribution < -0.4 is 0 Å². The molecule has 2 aromatic carbocycles. The van der Waals surface area contributed by atoms with Gasteiger partial charge in [-0.3, -0.25) is 0 Å². The molecule has 31 heavy (non-hydrogen) atoms. The highest BCUT2D eigenvalue weighted by Crippen LogP contribution is 2.39. The molecule has 3 aromatic rings. The smallest absolute Gasteiger partial charge is 0.183 e. The Hall–Kier alpha value is -2.33. The molecule has 0 aliphatic carbocycles. The summed E-state index contributed by atoms with van der Waals surface area (Å²) in [4.78, 5) is 3.89. The average molecular weight is 448 g/mol. The maximum absolute atomic E-state index is 14.6. The molecule has 164 valence electrons. The number of aromatic nitrogens is 3. The quantitative estimate of drug-likeness (QED) is 0.596. The Morgan fingerprint density at radius 2 is 1.94 bits per heavy atom. The second kappa shape index (κ2) is 9.44. The van der Waals surface area contributed by atoms with Crippen LogP contribution in [0.4, 0.5) is 8.78 Å². The van der Waals surface area contributed by atoms with Crippen molar-refractivity contribution in [3.05, 3.63) is 83.9 Å². The highest BCUT2D eigenvalue weighted by Gasteiger charge is 2.41. The van der Waals surface area contributed by atoms with Crippen LogP contribution >= 0.6 is 11.8 Å². The van der Waals surface area contributed by atoms with E-state index in [9.17, 15) is 13.9 Å². The van der Waals surface area contributed by atoms with Crippen molar-refractivity contribution in [3.63, 3.8) is 0 Å². The fourth-order valence-corrected chi connectivity index (χ4v) is 4.92. The van der Waals surface area contributed by atoms with Crippen molar-refractivity contribution in [2.45, 2.75) is 35.9 Å². The van der Waals surface area contributed by atoms with E-state index in [2.05, 4.69) is 10.1 Å². The number of ether oxygens (including phenoxy) is 2. The third-order valence-corrected chi connectivity index (χ3v) is 6.73. The second-order valence-electron chi connectivity index (χ2n) is 7.45. The van der Waals surface area contributed by atoms with Crippen LogP contribution in [0.15, 0.2) is 61.2 Å². The van der Waals surface area contributed by atoms with Crippen molar-refractivity contribution in [2.75, 3.05) is 13.2 Å². The topological polar surface area (TPSA) is 69.4 Å². The average Bonchev–Trinajstić information content (AvgIpc) is 3.27. The minimum Gasteiger partial charge on any atom is -0.382 e. The Labute approximate surface area is 183 Å². The molecule has 6 nitrogen and oxygen atoms in total. The summed E-state index contributed by atoms with van der Waals surface area (Å²) in [6, 6.07) is 12.8. The number of benzene rings is 2. The van der Waals surface area contributed by atoms with Gasteiger partial charge in [-0.1, -0.05) is 43.3 Å². The van der Waals surface area contributed by atoms with Gasteiger partial charge in [0.2, 0.25) is 0 Å². The highest BCUT2D eigenvalue weighted by molar-refractivity contribution is 8.00. The second-order valence-corrected chi connectivity index (χ2v) is 9.10. The number of hydrogen-bond acceptors (Lipinski definition) is 6. The van der Waals surface area contributed by atoms with Crippen LogP contribution in [0, 0.1) is 11.6 Å². The Balaban J connectivity index is 1.49. The Morgan fingerprint density at radius 3 is 2.58 bits per heavy atom. The molecule has 1 N–H and O–H groups in total. The molecule has 1 aromatic heterocycles. The van der Waals surface area contributed by atoms with Crippen molar-refractivity contribution < 1.29 is 23.4 Å². The Bertz CT molecular complexity index is 985. The monoisotopic (exact) mass is 447 g/mol. The number of halogens is 2. The molecule has 1 saturated heterocycles. The molecule has 0 unspecified atom stereocenters. The first-order valence-corrected chi connectivity index (χ1v) is 10.8. The van der Waals surface area contributed by atoms with E-state index in [1.54, 1.807) is 6.92 Å². The van der Waals surface area contributed by atoms with Crippen molar-refractivity contribution >= 4 is 11.8 Å². The van der Waals surface area contributed by atoms with Crippen molar-refractivity contribution in [2.24, 2.45) is 0 Å². The van der Waals surface area contributed by atoms with Crippen LogP contribution in [0.5, 0.6) is 0 Å². The first-order chi connectivity index (χ1) is 15.0. The van der Waals surface area contributed by atoms with Crippen molar-refractivity contribution in [3.8, 4) is 0 Å². The first-order valence-electron chi connectivity index (χ1n) is 9.89. The van der Waals surface area contributed by atoms with E-state index in [-0.39, 0.29) is 17.4 Å². The lowest BCUT2D eigenvalue weighted by molar-refractivity contribution is -0.180. The van der Waals surface area contributed by atoms with Crippen LogP contribution in [-0.4, -0.2) is 43.6 Å². The lowest BCUT2D eigenvalue weighted by Crippen LogP contribution is -2.43. The van der Waals surface area contributed by atoms with Gasteiger partial charge < -0.3 is 14.6 Å². The van der Waals surface area contributed by atoms with Gasteiger partial charge in [-0.05, 0) is 6.07 Å². The van der Waals surface area contributed by atoms with Crippen LogP contribution in [0.25, 0.3) is 0 Å². The maximum Gasteiger partial charge on any atom is 0.183 e. The molecular formula is C22H23F2N3O3S. The van der Waals surface area contributed by atoms with Crippen molar-refractivity contribution in [1.29, 1.82) is 0 Å². The molecule has 0 bridgehead atoms. The molecule has 1 aliphatic heterocycles. The van der Waals surface area contributed by atoms with Gasteiger partial charge in [-0.2, -0.15) is 5.10 Å². The summed E-state index contributed by atoms with van der Waals surface area (Å²) in [7, 11) is 0. The third-order valence-electron chi connectivity index (χ3n) is 5.27. The molecule has 2 atom stereocenters. The Morgan fingerprint density at radius 1 is 1.19 bits per heavy atom. The number of nitrogens with zero attached hydrogens (tertiary/aromatic N) is 3. The zero-order valence-corrected chi connectivity index (χ0v) is 17.7. The SMILES string of the molecule is C[C@@H](S[C@H]1CO[C@H](c2ccccc2)OC1)[C@](O)(Cn1cncn1)c1ccc(F)cc1F. The van der Waals surface area contributed by atoms with E-state index >= 15 is 0 Å². The van der Waals surface area contributed by atoms with Crippen LogP contribution in [-0.2, 0) is 21.6 Å². The van der Waals surface area contributed by atoms with Gasteiger partial charge >= 0.3 is 0 Å². The predicted octanol–water partition coefficient (Wildman–Crippen LogP) is 3.68. The van der Waals surface area contributed by atoms with Gasteiger partial charge in [0.1, 0.15) is 29.9 Å². The number of hydrogen-bond donors (Lipinski definition) is 1. The third kappa shape index (κ3) is 4.95. The van der Waals surface area contributed by atoms with E-state index < -0.39 is 28.8 Å². The molecular weight excluding hydrogens is 424 g/mol. The molecule has 2 heterocycles. The molecule has 1 fully saturated rings. The van der Waals surface area contributed by atoms with E-state index in [0.29, 0.717) is 13.2 Å². The summed E-state index contributed by atoms with van der Waals surface area (Å²) < 4.78 is 41.3. The number of aliphatic hydroxyl groups is 1. The summed E-state index contributed by atoms with van der Waals surface area (Å²) in [6.07, 6.45) is 2.35. The summed E-state index contributed by atoms with van der Waals surface area (Å²) in [5, 5.41) is 15.1. The van der Waals surface area contributed by atoms with Gasteiger partial charge in [-0.25, -0.2) is 18.4 Å². The first kappa shape index (κ1) is 21.9. The molecule has 0 amide bonds. The molecule has 9 heteroatoms. The number of rotatable bonds is 7. The summed E-state index contributed by atoms with van der Waals surface area (Å²) >= 11 is 1.43. The van der Waals surface area contributed by atoms with Gasteiger partial charge in [0.05, 0.1) is 25.0 Å². The van der Waals surface area contributed by atoms with Crippen molar-refractivity contribution in [1.82, 2.24) is 14.8 Å². The van der Waals surface area contributed by atoms with Gasteiger partial charge in [0, 0.05) is 22.4 Å². The van der Waals surface area contributed by atoms with Gasteiger partial charge in [-0.15, -0.1) is 11.8 Å². The number of thioether (sulfide) groups is 1. The summed E-state index contributed by atoms with van der Waals surface area (Å²) in [5.74, 6) is -1.51. The Kier molecular flexibility index (Phi) is 6.66. The van der Waals surface area contributed by atoms with E-state index in [4.69, 9.17) is 9.47 Å². The largest absolute Gasteiger partial charge is 0.382 e. The lowest BCUT2D eigenvalue weighted by atomic mass is 9.90. The van der Waals surface area contributed by atoms with Crippen LogP contribution in [0.2, 0.25) is 0 Å². The molecule has 1 aliphatic rings. The normalized spacial score (nSPS) is 22.1. The van der Waals surface area contributed by atoms with E-state index in [0.717, 1.165) is 17.7 Å². The molecule has 0 spiro atoms. The fraction of sp³-hybridized carbons (Fsp3) is 0.364. The molecule has 0 radical (unpaired) electrons. The zero-order chi connectivity index (χ0) is 21.8. The molecule has 4 rings (SSSR count). The summed E-state index contributed by atoms with van der Waals surface area (Å²) in [5.41, 5.74) is -0.717. The lowest BCUT2D eigenvalue weighted by Gasteiger charge is -2.37. The minimum atomic E-state index is -1.66. The summed E-state index contributed by atoms with van der Waals surface area (Å²) in [6.45, 7) is 2.60. The highest BCUT2D eigenvalue weighted by atomic mass is 32.2. The van der Waals surface area contributed by atoms with Gasteiger partial charge in [0.25, 0.3) is 0 Å². The standard InChI is InChI=1S/C22H23F2N3O3S/c1-15(31-18-10-29-21(30-11-18)16-5-3-2-4-6-16)22(28,12-27-14-25-13-26-27)19-8-7-17(23)9-20(19)24/h2-9,13-15,18,21,28H,10-12H2,1H3/t15-,18-,21-,22-/m1/s1. The maximum atomic E-state index is 14.6. The fourth-order valence-electron chi connectivity index (χ4n) is 3.60.